The van der Waals surface area contributed by atoms with Crippen molar-refractivity contribution >= 4 is 38.5 Å². The highest BCUT2D eigenvalue weighted by Crippen LogP contribution is 2.39. The minimum Gasteiger partial charge on any atom is -0.465 e. The molecule has 0 radical (unpaired) electrons. The third kappa shape index (κ3) is 3.50. The monoisotopic (exact) mass is 515 g/mol. The van der Waals surface area contributed by atoms with Crippen LogP contribution in [0.25, 0.3) is 10.9 Å². The van der Waals surface area contributed by atoms with E-state index in [0.717, 1.165) is 4.90 Å². The summed E-state index contributed by atoms with van der Waals surface area (Å²) in [5.74, 6) is 0.103. The second-order valence-electron chi connectivity index (χ2n) is 8.92. The molecular weight excluding hydrogens is 493 g/mol. The van der Waals surface area contributed by atoms with Crippen molar-refractivity contribution in [2.75, 3.05) is 25.5 Å². The lowest BCUT2D eigenvalue weighted by molar-refractivity contribution is 0.0170. The molecule has 0 spiro atoms. The number of nitrogens with zero attached hydrogens (tertiary/aromatic N) is 5. The van der Waals surface area contributed by atoms with E-state index in [2.05, 4.69) is 15.4 Å². The Labute approximate surface area is 204 Å². The van der Waals surface area contributed by atoms with Crippen molar-refractivity contribution < 1.29 is 22.7 Å². The predicted molar refractivity (Wildman–Crippen MR) is 126 cm³/mol. The summed E-state index contributed by atoms with van der Waals surface area (Å²) in [6, 6.07) is 8.21. The van der Waals surface area contributed by atoms with Crippen LogP contribution in [0.3, 0.4) is 0 Å². The van der Waals surface area contributed by atoms with Gasteiger partial charge in [0.2, 0.25) is 10.0 Å². The molecule has 0 bridgehead atoms. The molecular formula is C22H22FN7O5S. The first-order chi connectivity index (χ1) is 17.1. The summed E-state index contributed by atoms with van der Waals surface area (Å²) in [7, 11) is -2.06. The van der Waals surface area contributed by atoms with E-state index in [1.165, 1.54) is 28.3 Å². The van der Waals surface area contributed by atoms with Gasteiger partial charge in [-0.05, 0) is 36.2 Å². The van der Waals surface area contributed by atoms with Gasteiger partial charge in [-0.2, -0.15) is 14.7 Å². The molecule has 1 fully saturated rings. The lowest BCUT2D eigenvalue weighted by Gasteiger charge is -2.42. The van der Waals surface area contributed by atoms with E-state index in [0.29, 0.717) is 11.3 Å². The Morgan fingerprint density at radius 3 is 2.89 bits per heavy atom. The number of benzene rings is 1. The maximum atomic E-state index is 15.6. The number of sulfonamides is 1. The van der Waals surface area contributed by atoms with Gasteiger partial charge in [0, 0.05) is 32.0 Å². The summed E-state index contributed by atoms with van der Waals surface area (Å²) in [6.07, 6.45) is -1.91. The highest BCUT2D eigenvalue weighted by molar-refractivity contribution is 7.89. The molecule has 3 aromatic rings. The molecule has 1 saturated heterocycles. The standard InChI is InChI=1S/C22H22FN7O5S/c1-28-11-13-10-14(2-3-16(13)36(28,34)35)26-19-18-15(4-8-25-20(18)31)30(27-19)22(5-7-24)6-9-29(21(32)33)12-17(22)23/h2-4,8,10,17H,5-6,9,11-12H2,1H3,(H,25,31)(H,26,27)(H,32,33)/t17-,22+/m1/s1. The maximum Gasteiger partial charge on any atom is 0.407 e. The molecule has 0 saturated carbocycles. The molecule has 0 unspecified atom stereocenters. The summed E-state index contributed by atoms with van der Waals surface area (Å²) < 4.78 is 42.9. The molecule has 4 heterocycles. The van der Waals surface area contributed by atoms with E-state index in [-0.39, 0.29) is 47.5 Å². The molecule has 14 heteroatoms. The van der Waals surface area contributed by atoms with Crippen LogP contribution < -0.4 is 10.9 Å². The number of anilines is 2. The smallest absolute Gasteiger partial charge is 0.407 e. The van der Waals surface area contributed by atoms with Crippen LogP contribution in [-0.2, 0) is 22.1 Å². The molecule has 2 aromatic heterocycles. The number of H-pyrrole nitrogens is 1. The molecule has 1 amide bonds. The van der Waals surface area contributed by atoms with E-state index in [9.17, 15) is 28.4 Å². The summed E-state index contributed by atoms with van der Waals surface area (Å²) in [5, 5.41) is 26.5. The molecule has 1 aromatic carbocycles. The Kier molecular flexibility index (Phi) is 5.49. The first-order valence-electron chi connectivity index (χ1n) is 11.0. The number of pyridine rings is 1. The Balaban J connectivity index is 1.61. The highest BCUT2D eigenvalue weighted by Gasteiger charge is 2.48. The number of hydrogen-bond acceptors (Lipinski definition) is 7. The van der Waals surface area contributed by atoms with Gasteiger partial charge in [-0.3, -0.25) is 9.48 Å². The molecule has 5 rings (SSSR count). The van der Waals surface area contributed by atoms with Crippen molar-refractivity contribution in [1.82, 2.24) is 24.0 Å². The number of amides is 1. The minimum absolute atomic E-state index is 0.00243. The Morgan fingerprint density at radius 2 is 2.19 bits per heavy atom. The Hall–Kier alpha value is -3.96. The van der Waals surface area contributed by atoms with Gasteiger partial charge in [0.25, 0.3) is 5.56 Å². The highest BCUT2D eigenvalue weighted by atomic mass is 32.2. The van der Waals surface area contributed by atoms with Gasteiger partial charge in [-0.25, -0.2) is 17.6 Å². The largest absolute Gasteiger partial charge is 0.465 e. The quantitative estimate of drug-likeness (QED) is 0.474. The van der Waals surface area contributed by atoms with Crippen LogP contribution in [0.2, 0.25) is 0 Å². The molecule has 12 nitrogen and oxygen atoms in total. The van der Waals surface area contributed by atoms with Crippen LogP contribution in [0, 0.1) is 11.3 Å². The van der Waals surface area contributed by atoms with Gasteiger partial charge in [0.05, 0.1) is 29.4 Å². The fourth-order valence-electron chi connectivity index (χ4n) is 4.93. The molecule has 2 atom stereocenters. The third-order valence-electron chi connectivity index (χ3n) is 6.86. The third-order valence-corrected chi connectivity index (χ3v) is 8.77. The predicted octanol–water partition coefficient (Wildman–Crippen LogP) is 1.93. The minimum atomic E-state index is -3.54. The zero-order chi connectivity index (χ0) is 25.8. The van der Waals surface area contributed by atoms with Crippen molar-refractivity contribution in [2.24, 2.45) is 0 Å². The number of nitrogens with one attached hydrogen (secondary N) is 2. The van der Waals surface area contributed by atoms with Crippen LogP contribution in [0.4, 0.5) is 20.7 Å². The number of carbonyl (C=O) groups is 1. The number of aromatic amines is 1. The lowest BCUT2D eigenvalue weighted by Crippen LogP contribution is -2.56. The summed E-state index contributed by atoms with van der Waals surface area (Å²) >= 11 is 0. The number of rotatable bonds is 4. The van der Waals surface area contributed by atoms with Crippen molar-refractivity contribution in [3.05, 3.63) is 46.4 Å². The number of hydrogen-bond donors (Lipinski definition) is 3. The van der Waals surface area contributed by atoms with Crippen molar-refractivity contribution in [3.63, 3.8) is 0 Å². The van der Waals surface area contributed by atoms with Gasteiger partial charge < -0.3 is 20.3 Å². The van der Waals surface area contributed by atoms with Crippen molar-refractivity contribution in [3.8, 4) is 6.07 Å². The fraction of sp³-hybridized carbons (Fsp3) is 0.364. The first kappa shape index (κ1) is 23.8. The summed E-state index contributed by atoms with van der Waals surface area (Å²) in [5.41, 5.74) is -0.644. The van der Waals surface area contributed by atoms with Crippen LogP contribution >= 0.6 is 0 Å². The van der Waals surface area contributed by atoms with E-state index >= 15 is 4.39 Å². The zero-order valence-corrected chi connectivity index (χ0v) is 19.9. The summed E-state index contributed by atoms with van der Waals surface area (Å²) in [6.45, 7) is -0.244. The number of aromatic nitrogens is 3. The molecule has 3 N–H and O–H groups in total. The normalized spacial score (nSPS) is 23.4. The van der Waals surface area contributed by atoms with Crippen molar-refractivity contribution in [1.29, 1.82) is 5.26 Å². The number of carboxylic acid groups (broad SMARTS) is 1. The number of halogens is 1. The number of fused-ring (bicyclic) bond motifs is 2. The SMILES string of the molecule is CN1Cc2cc(Nc3nn([C@@]4(CC#N)CCN(C(=O)O)C[C@H]4F)c4cc[nH]c(=O)c34)ccc2S1(=O)=O. The van der Waals surface area contributed by atoms with Crippen LogP contribution in [0.1, 0.15) is 18.4 Å². The van der Waals surface area contributed by atoms with Gasteiger partial charge in [-0.15, -0.1) is 0 Å². The van der Waals surface area contributed by atoms with E-state index in [1.807, 2.05) is 6.07 Å². The van der Waals surface area contributed by atoms with Gasteiger partial charge in [0.1, 0.15) is 17.1 Å². The van der Waals surface area contributed by atoms with Gasteiger partial charge >= 0.3 is 6.09 Å². The number of likely N-dealkylation sites (tertiary alicyclic amines) is 1. The molecule has 2 aliphatic rings. The number of alkyl halides is 1. The van der Waals surface area contributed by atoms with E-state index in [1.54, 1.807) is 18.2 Å². The maximum absolute atomic E-state index is 15.6. The zero-order valence-electron chi connectivity index (χ0n) is 19.1. The Morgan fingerprint density at radius 1 is 1.42 bits per heavy atom. The topological polar surface area (TPSA) is 164 Å². The summed E-state index contributed by atoms with van der Waals surface area (Å²) in [4.78, 5) is 27.9. The van der Waals surface area contributed by atoms with Crippen LogP contribution in [0.5, 0.6) is 0 Å². The Bertz CT molecular complexity index is 1590. The van der Waals surface area contributed by atoms with E-state index < -0.39 is 39.9 Å². The van der Waals surface area contributed by atoms with E-state index in [4.69, 9.17) is 0 Å². The molecule has 36 heavy (non-hydrogen) atoms. The number of piperidine rings is 1. The van der Waals surface area contributed by atoms with Gasteiger partial charge in [-0.1, -0.05) is 0 Å². The second-order valence-corrected chi connectivity index (χ2v) is 10.9. The van der Waals surface area contributed by atoms with Crippen molar-refractivity contribution in [2.45, 2.75) is 36.0 Å². The fourth-order valence-corrected chi connectivity index (χ4v) is 6.27. The average Bonchev–Trinajstić information content (AvgIpc) is 3.30. The average molecular weight is 516 g/mol. The lowest BCUT2D eigenvalue weighted by atomic mass is 9.83. The second kappa shape index (κ2) is 8.32. The van der Waals surface area contributed by atoms with Crippen LogP contribution in [0.15, 0.2) is 40.2 Å². The molecule has 188 valence electrons. The molecule has 0 aliphatic carbocycles. The van der Waals surface area contributed by atoms with Gasteiger partial charge in [0.15, 0.2) is 5.82 Å². The van der Waals surface area contributed by atoms with Crippen LogP contribution in [-0.4, -0.2) is 69.9 Å². The first-order valence-corrected chi connectivity index (χ1v) is 12.5. The molecule has 2 aliphatic heterocycles. The number of nitriles is 1.